The van der Waals surface area contributed by atoms with Gasteiger partial charge in [-0.05, 0) is 36.9 Å². The van der Waals surface area contributed by atoms with E-state index in [0.717, 1.165) is 11.8 Å². The summed E-state index contributed by atoms with van der Waals surface area (Å²) in [7, 11) is 0. The predicted molar refractivity (Wildman–Crippen MR) is 133 cm³/mol. The third-order valence-electron chi connectivity index (χ3n) is 5.43. The van der Waals surface area contributed by atoms with Crippen LogP contribution in [0.3, 0.4) is 0 Å². The molecule has 0 saturated heterocycles. The molecule has 0 bridgehead atoms. The molecule has 0 spiro atoms. The summed E-state index contributed by atoms with van der Waals surface area (Å²) in [5, 5.41) is 41.8. The SMILES string of the molecule is [2H]c1c([2H])c([C@@H]2C[C@@]2([2H])Nc2nc(SCCC)nc3c2nnn3[C@]2([2H])C([2H])([2H])[C@]([2H])(OCCO)[C@@]([2H])(O)[C@@]2([2H])O)c([2H])c(F)c1C. The number of benzene rings is 1. The predicted octanol–water partition coefficient (Wildman–Crippen LogP) is 2.18. The minimum atomic E-state index is -3.87. The molecule has 2 fully saturated rings. The molecule has 5 rings (SSSR count). The number of anilines is 1. The summed E-state index contributed by atoms with van der Waals surface area (Å²) in [6.45, 7) is 1.58. The van der Waals surface area contributed by atoms with Gasteiger partial charge in [-0.3, -0.25) is 0 Å². The Morgan fingerprint density at radius 2 is 2.19 bits per heavy atom. The topological polar surface area (TPSA) is 138 Å². The second-order valence-electron chi connectivity index (χ2n) is 8.08. The molecule has 2 aromatic heterocycles. The van der Waals surface area contributed by atoms with Crippen molar-refractivity contribution in [1.29, 1.82) is 0 Å². The molecular formula is C24H31FN6O4S. The summed E-state index contributed by atoms with van der Waals surface area (Å²) < 4.78 is 105. The molecular weight excluding hydrogens is 487 g/mol. The largest absolute Gasteiger partial charge is 0.394 e. The minimum absolute atomic E-state index is 0.0103. The number of fused-ring (bicyclic) bond motifs is 1. The zero-order valence-corrected chi connectivity index (χ0v) is 20.2. The number of ether oxygens (including phenoxy) is 1. The van der Waals surface area contributed by atoms with E-state index in [1.165, 1.54) is 6.92 Å². The molecule has 2 aliphatic carbocycles. The van der Waals surface area contributed by atoms with E-state index in [0.29, 0.717) is 16.9 Å². The first-order valence-corrected chi connectivity index (χ1v) is 12.2. The molecule has 10 nitrogen and oxygen atoms in total. The number of hydrogen-bond acceptors (Lipinski definition) is 10. The summed E-state index contributed by atoms with van der Waals surface area (Å²) in [5.74, 6) is -1.65. The highest BCUT2D eigenvalue weighted by atomic mass is 32.2. The van der Waals surface area contributed by atoms with E-state index in [4.69, 9.17) is 18.4 Å². The third-order valence-corrected chi connectivity index (χ3v) is 6.48. The molecule has 4 N–H and O–H groups in total. The van der Waals surface area contributed by atoms with Gasteiger partial charge in [0.25, 0.3) is 0 Å². The fraction of sp³-hybridized carbons (Fsp3) is 0.583. The van der Waals surface area contributed by atoms with Gasteiger partial charge in [0.2, 0.25) is 0 Å². The molecule has 0 unspecified atom stereocenters. The van der Waals surface area contributed by atoms with Crippen LogP contribution < -0.4 is 5.32 Å². The van der Waals surface area contributed by atoms with Crippen LogP contribution in [0.2, 0.25) is 0 Å². The Morgan fingerprint density at radius 1 is 1.36 bits per heavy atom. The van der Waals surface area contributed by atoms with Crippen LogP contribution >= 0.6 is 11.8 Å². The zero-order chi connectivity index (χ0) is 34.4. The van der Waals surface area contributed by atoms with E-state index in [9.17, 15) is 19.7 Å². The van der Waals surface area contributed by atoms with Crippen LogP contribution in [-0.4, -0.2) is 83.5 Å². The van der Waals surface area contributed by atoms with E-state index in [1.807, 2.05) is 6.92 Å². The maximum atomic E-state index is 14.7. The molecule has 3 aromatic rings. The lowest BCUT2D eigenvalue weighted by atomic mass is 10.1. The Morgan fingerprint density at radius 3 is 2.97 bits per heavy atom. The second-order valence-corrected chi connectivity index (χ2v) is 9.15. The van der Waals surface area contributed by atoms with Gasteiger partial charge in [0, 0.05) is 26.8 Å². The van der Waals surface area contributed by atoms with Crippen molar-refractivity contribution < 1.29 is 38.2 Å². The molecule has 2 aliphatic rings. The van der Waals surface area contributed by atoms with Crippen molar-refractivity contribution in [3.8, 4) is 0 Å². The molecule has 0 amide bonds. The number of nitrogens with one attached hydrogen (secondary N) is 1. The Kier molecular flexibility index (Phi) is 4.62. The van der Waals surface area contributed by atoms with Gasteiger partial charge < -0.3 is 25.4 Å². The van der Waals surface area contributed by atoms with Crippen molar-refractivity contribution >= 4 is 28.7 Å². The summed E-state index contributed by atoms with van der Waals surface area (Å²) in [4.78, 5) is 8.67. The smallest absolute Gasteiger partial charge is 0.191 e. The van der Waals surface area contributed by atoms with Crippen LogP contribution in [0.1, 0.15) is 62.9 Å². The summed E-state index contributed by atoms with van der Waals surface area (Å²) in [6, 6.07) is -6.67. The number of hydrogen-bond donors (Lipinski definition) is 4. The van der Waals surface area contributed by atoms with Crippen molar-refractivity contribution in [2.75, 3.05) is 24.3 Å². The lowest BCUT2D eigenvalue weighted by Crippen LogP contribution is -2.33. The molecule has 12 heteroatoms. The van der Waals surface area contributed by atoms with E-state index in [-0.39, 0.29) is 34.0 Å². The second kappa shape index (κ2) is 10.5. The fourth-order valence-electron chi connectivity index (χ4n) is 3.50. The van der Waals surface area contributed by atoms with Crippen LogP contribution in [0.15, 0.2) is 23.3 Å². The maximum Gasteiger partial charge on any atom is 0.191 e. The van der Waals surface area contributed by atoms with E-state index >= 15 is 0 Å². The number of halogens is 1. The number of thioether (sulfide) groups is 1. The van der Waals surface area contributed by atoms with Gasteiger partial charge in [0.15, 0.2) is 22.1 Å². The number of aliphatic hydroxyl groups excluding tert-OH is 1. The number of aliphatic hydroxyl groups is 3. The van der Waals surface area contributed by atoms with Crippen LogP contribution in [0.25, 0.3) is 11.2 Å². The van der Waals surface area contributed by atoms with Gasteiger partial charge in [-0.25, -0.2) is 19.0 Å². The quantitative estimate of drug-likeness (QED) is 0.229. The van der Waals surface area contributed by atoms with Gasteiger partial charge in [0.05, 0.1) is 36.3 Å². The van der Waals surface area contributed by atoms with Crippen molar-refractivity contribution in [1.82, 2.24) is 25.0 Å². The number of aromatic nitrogens is 5. The third kappa shape index (κ3) is 4.92. The average molecular weight is 529 g/mol. The van der Waals surface area contributed by atoms with Crippen molar-refractivity contribution in [3.05, 3.63) is 35.1 Å². The summed E-state index contributed by atoms with van der Waals surface area (Å²) >= 11 is 1.10. The van der Waals surface area contributed by atoms with Gasteiger partial charge in [0.1, 0.15) is 18.0 Å². The first-order chi connectivity index (χ1) is 21.2. The number of nitrogens with zero attached hydrogens (tertiary/aromatic N) is 5. The highest BCUT2D eigenvalue weighted by Crippen LogP contribution is 2.44. The highest BCUT2D eigenvalue weighted by molar-refractivity contribution is 7.99. The van der Waals surface area contributed by atoms with Crippen molar-refractivity contribution in [2.24, 2.45) is 0 Å². The molecule has 0 radical (unpaired) electrons. The Balaban J connectivity index is 1.66. The molecule has 2 heterocycles. The fourth-order valence-corrected chi connectivity index (χ4v) is 4.20. The zero-order valence-electron chi connectivity index (χ0n) is 29.4. The number of rotatable bonds is 10. The van der Waals surface area contributed by atoms with Crippen molar-refractivity contribution in [3.63, 3.8) is 0 Å². The molecule has 194 valence electrons. The van der Waals surface area contributed by atoms with E-state index in [2.05, 4.69) is 25.6 Å². The Hall–Kier alpha value is -2.38. The van der Waals surface area contributed by atoms with Crippen molar-refractivity contribution in [2.45, 2.75) is 74.4 Å². The summed E-state index contributed by atoms with van der Waals surface area (Å²) in [5.41, 5.74) is -1.12. The highest BCUT2D eigenvalue weighted by Gasteiger charge is 2.45. The van der Waals surface area contributed by atoms with Gasteiger partial charge in [-0.2, -0.15) is 0 Å². The first kappa shape index (κ1) is 15.8. The lowest BCUT2D eigenvalue weighted by molar-refractivity contribution is -0.0629. The van der Waals surface area contributed by atoms with Crippen LogP contribution in [0, 0.1) is 12.7 Å². The monoisotopic (exact) mass is 528 g/mol. The maximum absolute atomic E-state index is 14.7. The average Bonchev–Trinajstić information content (AvgIpc) is 3.42. The lowest BCUT2D eigenvalue weighted by Gasteiger charge is -2.17. The van der Waals surface area contributed by atoms with E-state index < -0.39 is 85.4 Å². The summed E-state index contributed by atoms with van der Waals surface area (Å²) in [6.07, 6.45) is -14.2. The van der Waals surface area contributed by atoms with Gasteiger partial charge >= 0.3 is 0 Å². The molecule has 0 aliphatic heterocycles. The minimum Gasteiger partial charge on any atom is -0.394 e. The molecule has 1 aromatic carbocycles. The molecule has 6 atom stereocenters. The van der Waals surface area contributed by atoms with Gasteiger partial charge in [-0.1, -0.05) is 36.0 Å². The van der Waals surface area contributed by atoms with Crippen LogP contribution in [-0.2, 0) is 4.74 Å². The Labute approximate surface area is 226 Å². The molecule has 36 heavy (non-hydrogen) atoms. The molecule has 2 saturated carbocycles. The van der Waals surface area contributed by atoms with E-state index in [1.54, 1.807) is 0 Å². The van der Waals surface area contributed by atoms with Crippen LogP contribution in [0.4, 0.5) is 10.2 Å². The standard InChI is InChI=1S/C24H31FN6O4S/c1-3-8-36-24-27-22(26-16-10-14(16)13-5-4-12(2)15(25)9-13)19-23(28-24)31(30-29-19)17-11-18(35-7-6-32)21(34)20(17)33/h4-5,9,14,16-18,20-21,32-34H,3,6-8,10-11H2,1-2H3,(H,26,27,28)/t14-,16+,17+,18-,20-,21+/m0/s1/i4D,5D,9D,11D2,16D,17D,18D,20D,21D. The van der Waals surface area contributed by atoms with Gasteiger partial charge in [-0.15, -0.1) is 5.10 Å². The van der Waals surface area contributed by atoms with Crippen LogP contribution in [0.5, 0.6) is 0 Å². The normalized spacial score (nSPS) is 43.2. The Bertz CT molecular complexity index is 1690. The first-order valence-electron chi connectivity index (χ1n) is 16.2.